The molecular formula is C21H28N4O2. The van der Waals surface area contributed by atoms with Crippen molar-refractivity contribution in [3.63, 3.8) is 0 Å². The summed E-state index contributed by atoms with van der Waals surface area (Å²) in [4.78, 5) is 18.7. The molecule has 144 valence electrons. The lowest BCUT2D eigenvalue weighted by Crippen LogP contribution is -2.41. The first-order valence-electron chi connectivity index (χ1n) is 9.62. The third kappa shape index (κ3) is 5.88. The molecule has 1 atom stereocenters. The molecule has 1 aliphatic rings. The third-order valence-corrected chi connectivity index (χ3v) is 4.73. The lowest BCUT2D eigenvalue weighted by Gasteiger charge is -2.19. The van der Waals surface area contributed by atoms with E-state index in [0.29, 0.717) is 12.5 Å². The largest absolute Gasteiger partial charge is 0.469 e. The van der Waals surface area contributed by atoms with Gasteiger partial charge in [0.05, 0.1) is 12.3 Å². The Morgan fingerprint density at radius 2 is 1.96 bits per heavy atom. The summed E-state index contributed by atoms with van der Waals surface area (Å²) in [5.74, 6) is 1.66. The van der Waals surface area contributed by atoms with Crippen LogP contribution in [-0.2, 0) is 11.2 Å². The highest BCUT2D eigenvalue weighted by molar-refractivity contribution is 5.85. The van der Waals surface area contributed by atoms with Gasteiger partial charge in [0.25, 0.3) is 0 Å². The summed E-state index contributed by atoms with van der Waals surface area (Å²) in [7, 11) is 0. The van der Waals surface area contributed by atoms with Crippen molar-refractivity contribution in [3.8, 4) is 0 Å². The fourth-order valence-electron chi connectivity index (χ4n) is 3.15. The van der Waals surface area contributed by atoms with Gasteiger partial charge in [0.15, 0.2) is 5.96 Å². The van der Waals surface area contributed by atoms with Crippen LogP contribution in [0.1, 0.15) is 37.1 Å². The minimum atomic E-state index is 0.0861. The maximum Gasteiger partial charge on any atom is 0.244 e. The van der Waals surface area contributed by atoms with Crippen LogP contribution >= 0.6 is 0 Å². The second kappa shape index (κ2) is 9.80. The van der Waals surface area contributed by atoms with Crippen LogP contribution in [0.4, 0.5) is 0 Å². The minimum Gasteiger partial charge on any atom is -0.469 e. The first kappa shape index (κ1) is 19.0. The molecule has 0 spiro atoms. The van der Waals surface area contributed by atoms with E-state index in [1.165, 1.54) is 5.56 Å². The molecule has 6 nitrogen and oxygen atoms in total. The number of carbonyl (C=O) groups is 1. The van der Waals surface area contributed by atoms with Crippen molar-refractivity contribution in [2.45, 2.75) is 32.2 Å². The predicted molar refractivity (Wildman–Crippen MR) is 107 cm³/mol. The van der Waals surface area contributed by atoms with E-state index >= 15 is 0 Å². The first-order chi connectivity index (χ1) is 13.2. The molecule has 1 aliphatic heterocycles. The van der Waals surface area contributed by atoms with E-state index < -0.39 is 0 Å². The SMILES string of the molecule is CC(NC(=NCC(=O)N1CCCC1)NCCc1ccco1)c1ccccc1. The first-order valence-corrected chi connectivity index (χ1v) is 9.62. The standard InChI is InChI=1S/C21H28N4O2/c1-17(18-8-3-2-4-9-18)24-21(22-12-11-19-10-7-15-27-19)23-16-20(26)25-13-5-6-14-25/h2-4,7-10,15,17H,5-6,11-14,16H2,1H3,(H2,22,23,24). The van der Waals surface area contributed by atoms with Gasteiger partial charge in [-0.15, -0.1) is 0 Å². The third-order valence-electron chi connectivity index (χ3n) is 4.73. The predicted octanol–water partition coefficient (Wildman–Crippen LogP) is 2.74. The number of hydrogen-bond donors (Lipinski definition) is 2. The summed E-state index contributed by atoms with van der Waals surface area (Å²) < 4.78 is 5.37. The molecule has 2 N–H and O–H groups in total. The highest BCUT2D eigenvalue weighted by atomic mass is 16.3. The van der Waals surface area contributed by atoms with Gasteiger partial charge in [0.1, 0.15) is 12.3 Å². The zero-order chi connectivity index (χ0) is 18.9. The van der Waals surface area contributed by atoms with Crippen molar-refractivity contribution >= 4 is 11.9 Å². The molecule has 27 heavy (non-hydrogen) atoms. The van der Waals surface area contributed by atoms with Gasteiger partial charge >= 0.3 is 0 Å². The monoisotopic (exact) mass is 368 g/mol. The number of guanidine groups is 1. The Bertz CT molecular complexity index is 722. The van der Waals surface area contributed by atoms with Gasteiger partial charge in [-0.3, -0.25) is 4.79 Å². The molecule has 2 heterocycles. The molecule has 1 unspecified atom stereocenters. The number of furan rings is 1. The average Bonchev–Trinajstić information content (AvgIpc) is 3.40. The summed E-state index contributed by atoms with van der Waals surface area (Å²) >= 11 is 0. The van der Waals surface area contributed by atoms with Crippen LogP contribution in [0.2, 0.25) is 0 Å². The number of nitrogens with one attached hydrogen (secondary N) is 2. The maximum atomic E-state index is 12.3. The molecule has 1 aromatic heterocycles. The van der Waals surface area contributed by atoms with Crippen LogP contribution in [0.5, 0.6) is 0 Å². The lowest BCUT2D eigenvalue weighted by molar-refractivity contribution is -0.128. The van der Waals surface area contributed by atoms with E-state index in [1.807, 2.05) is 35.2 Å². The molecule has 1 amide bonds. The van der Waals surface area contributed by atoms with Gasteiger partial charge in [-0.2, -0.15) is 0 Å². The van der Waals surface area contributed by atoms with E-state index in [9.17, 15) is 4.79 Å². The fourth-order valence-corrected chi connectivity index (χ4v) is 3.15. The highest BCUT2D eigenvalue weighted by Gasteiger charge is 2.17. The molecular weight excluding hydrogens is 340 g/mol. The van der Waals surface area contributed by atoms with Crippen LogP contribution in [-0.4, -0.2) is 42.9 Å². The molecule has 1 fully saturated rings. The lowest BCUT2D eigenvalue weighted by atomic mass is 10.1. The molecule has 2 aromatic rings. The number of rotatable bonds is 7. The number of aliphatic imine (C=N–C) groups is 1. The summed E-state index contributed by atoms with van der Waals surface area (Å²) in [5.41, 5.74) is 1.17. The Morgan fingerprint density at radius 1 is 1.19 bits per heavy atom. The van der Waals surface area contributed by atoms with Crippen molar-refractivity contribution in [2.24, 2.45) is 4.99 Å². The molecule has 0 radical (unpaired) electrons. The van der Waals surface area contributed by atoms with E-state index in [4.69, 9.17) is 4.42 Å². The van der Waals surface area contributed by atoms with Crippen molar-refractivity contribution in [1.82, 2.24) is 15.5 Å². The van der Waals surface area contributed by atoms with Gasteiger partial charge in [-0.05, 0) is 37.5 Å². The summed E-state index contributed by atoms with van der Waals surface area (Å²) in [6, 6.07) is 14.1. The van der Waals surface area contributed by atoms with Crippen LogP contribution in [0.15, 0.2) is 58.1 Å². The van der Waals surface area contributed by atoms with Gasteiger partial charge in [-0.1, -0.05) is 30.3 Å². The number of benzene rings is 1. The summed E-state index contributed by atoms with van der Waals surface area (Å²) in [5, 5.41) is 6.71. The average molecular weight is 368 g/mol. The van der Waals surface area contributed by atoms with Gasteiger partial charge < -0.3 is 20.0 Å². The molecule has 3 rings (SSSR count). The molecule has 6 heteroatoms. The molecule has 1 saturated heterocycles. The zero-order valence-corrected chi connectivity index (χ0v) is 15.9. The number of hydrogen-bond acceptors (Lipinski definition) is 3. The maximum absolute atomic E-state index is 12.3. The van der Waals surface area contributed by atoms with E-state index in [0.717, 1.165) is 38.1 Å². The van der Waals surface area contributed by atoms with Crippen LogP contribution in [0.25, 0.3) is 0 Å². The quantitative estimate of drug-likeness (QED) is 0.582. The Balaban J connectivity index is 1.59. The number of likely N-dealkylation sites (tertiary alicyclic amines) is 1. The van der Waals surface area contributed by atoms with Crippen molar-refractivity contribution in [2.75, 3.05) is 26.2 Å². The van der Waals surface area contributed by atoms with E-state index in [2.05, 4.69) is 34.7 Å². The summed E-state index contributed by atoms with van der Waals surface area (Å²) in [6.45, 7) is 4.63. The number of nitrogens with zero attached hydrogens (tertiary/aromatic N) is 2. The van der Waals surface area contributed by atoms with E-state index in [-0.39, 0.29) is 18.5 Å². The van der Waals surface area contributed by atoms with Gasteiger partial charge in [-0.25, -0.2) is 4.99 Å². The minimum absolute atomic E-state index is 0.0861. The summed E-state index contributed by atoms with van der Waals surface area (Å²) in [6.07, 6.45) is 4.61. The Morgan fingerprint density at radius 3 is 2.67 bits per heavy atom. The topological polar surface area (TPSA) is 69.9 Å². The Hall–Kier alpha value is -2.76. The fraction of sp³-hybridized carbons (Fsp3) is 0.429. The van der Waals surface area contributed by atoms with Crippen molar-refractivity contribution in [1.29, 1.82) is 0 Å². The molecule has 0 saturated carbocycles. The van der Waals surface area contributed by atoms with Crippen LogP contribution in [0, 0.1) is 0 Å². The zero-order valence-electron chi connectivity index (χ0n) is 15.9. The smallest absolute Gasteiger partial charge is 0.244 e. The van der Waals surface area contributed by atoms with E-state index in [1.54, 1.807) is 6.26 Å². The normalized spacial score (nSPS) is 15.6. The molecule has 0 aliphatic carbocycles. The number of carbonyl (C=O) groups excluding carboxylic acids is 1. The Kier molecular flexibility index (Phi) is 6.90. The van der Waals surface area contributed by atoms with Crippen LogP contribution < -0.4 is 10.6 Å². The van der Waals surface area contributed by atoms with Gasteiger partial charge in [0.2, 0.25) is 5.91 Å². The second-order valence-corrected chi connectivity index (χ2v) is 6.79. The van der Waals surface area contributed by atoms with Crippen molar-refractivity contribution < 1.29 is 9.21 Å². The van der Waals surface area contributed by atoms with Crippen LogP contribution in [0.3, 0.4) is 0 Å². The second-order valence-electron chi connectivity index (χ2n) is 6.79. The van der Waals surface area contributed by atoms with Crippen molar-refractivity contribution in [3.05, 3.63) is 60.1 Å². The molecule has 0 bridgehead atoms. The number of amides is 1. The molecule has 1 aromatic carbocycles. The highest BCUT2D eigenvalue weighted by Crippen LogP contribution is 2.11. The van der Waals surface area contributed by atoms with Gasteiger partial charge in [0, 0.05) is 26.1 Å². The Labute approximate surface area is 160 Å².